The molecule has 1 saturated carbocycles. The average molecular weight is 358 g/mol. The van der Waals surface area contributed by atoms with Crippen LogP contribution < -0.4 is 10.2 Å². The number of nitrogens with one attached hydrogen (secondary N) is 1. The van der Waals surface area contributed by atoms with Crippen LogP contribution in [0.4, 0.5) is 11.4 Å². The van der Waals surface area contributed by atoms with Crippen LogP contribution >= 0.6 is 0 Å². The number of fused-ring (bicyclic) bond motifs is 1. The van der Waals surface area contributed by atoms with Crippen molar-refractivity contribution in [2.75, 3.05) is 16.8 Å². The molecule has 2 amide bonds. The Morgan fingerprint density at radius 3 is 2.50 bits per heavy atom. The highest BCUT2D eigenvalue weighted by Crippen LogP contribution is 2.42. The van der Waals surface area contributed by atoms with Crippen molar-refractivity contribution in [1.82, 2.24) is 0 Å². The smallest absolute Gasteiger partial charge is 0.307 e. The van der Waals surface area contributed by atoms with Crippen LogP contribution in [-0.2, 0) is 19.8 Å². The van der Waals surface area contributed by atoms with Crippen molar-refractivity contribution in [2.24, 2.45) is 11.8 Å². The first kappa shape index (κ1) is 18.4. The molecule has 3 rings (SSSR count). The third-order valence-corrected chi connectivity index (χ3v) is 5.74. The topological polar surface area (TPSA) is 86.7 Å². The van der Waals surface area contributed by atoms with Crippen LogP contribution in [-0.4, -0.2) is 29.4 Å². The van der Waals surface area contributed by atoms with E-state index in [0.717, 1.165) is 24.1 Å². The lowest BCUT2D eigenvalue weighted by Gasteiger charge is -2.27. The third kappa shape index (κ3) is 2.97. The number of carbonyl (C=O) groups is 3. The fourth-order valence-corrected chi connectivity index (χ4v) is 4.20. The molecule has 1 heterocycles. The Hall–Kier alpha value is -2.37. The first-order chi connectivity index (χ1) is 12.3. The van der Waals surface area contributed by atoms with E-state index in [1.165, 1.54) is 0 Å². The molecule has 0 bridgehead atoms. The molecule has 1 aliphatic carbocycles. The highest BCUT2D eigenvalue weighted by Gasteiger charge is 2.43. The van der Waals surface area contributed by atoms with E-state index in [1.54, 1.807) is 11.0 Å². The molecular formula is C20H26N2O4. The molecule has 0 aromatic heterocycles. The third-order valence-electron chi connectivity index (χ3n) is 5.74. The molecular weight excluding hydrogens is 332 g/mol. The molecule has 1 aromatic carbocycles. The van der Waals surface area contributed by atoms with E-state index in [2.05, 4.69) is 5.32 Å². The maximum Gasteiger partial charge on any atom is 0.307 e. The number of carboxylic acids is 1. The summed E-state index contributed by atoms with van der Waals surface area (Å²) in [7, 11) is 0. The molecule has 26 heavy (non-hydrogen) atoms. The highest BCUT2D eigenvalue weighted by atomic mass is 16.4. The van der Waals surface area contributed by atoms with Crippen LogP contribution in [0.1, 0.15) is 52.0 Å². The molecule has 2 unspecified atom stereocenters. The van der Waals surface area contributed by atoms with Crippen LogP contribution in [0.15, 0.2) is 18.2 Å². The molecule has 1 aromatic rings. The fourth-order valence-electron chi connectivity index (χ4n) is 4.20. The molecule has 2 aliphatic rings. The minimum atomic E-state index is -0.899. The quantitative estimate of drug-likeness (QED) is 0.865. The second-order valence-corrected chi connectivity index (χ2v) is 7.73. The molecule has 2 N–H and O–H groups in total. The number of amides is 2. The Labute approximate surface area is 153 Å². The number of benzene rings is 1. The summed E-state index contributed by atoms with van der Waals surface area (Å²) in [6, 6.07) is 5.49. The predicted octanol–water partition coefficient (Wildman–Crippen LogP) is 3.16. The summed E-state index contributed by atoms with van der Waals surface area (Å²) in [5, 5.41) is 12.3. The van der Waals surface area contributed by atoms with Crippen molar-refractivity contribution in [3.8, 4) is 0 Å². The van der Waals surface area contributed by atoms with Crippen LogP contribution in [0.3, 0.4) is 0 Å². The lowest BCUT2D eigenvalue weighted by Crippen LogP contribution is -2.36. The summed E-state index contributed by atoms with van der Waals surface area (Å²) in [5.74, 6) is -2.21. The van der Waals surface area contributed by atoms with Gasteiger partial charge in [-0.15, -0.1) is 0 Å². The average Bonchev–Trinajstić information content (AvgIpc) is 2.81. The van der Waals surface area contributed by atoms with Gasteiger partial charge in [-0.1, -0.05) is 12.8 Å². The molecule has 140 valence electrons. The minimum absolute atomic E-state index is 0.0525. The number of rotatable bonds is 4. The number of carbonyl (C=O) groups excluding carboxylic acids is 2. The van der Waals surface area contributed by atoms with Gasteiger partial charge in [-0.3, -0.25) is 14.4 Å². The van der Waals surface area contributed by atoms with E-state index < -0.39 is 23.2 Å². The summed E-state index contributed by atoms with van der Waals surface area (Å²) in [6.07, 6.45) is 2.87. The number of carboxylic acid groups (broad SMARTS) is 1. The van der Waals surface area contributed by atoms with Crippen LogP contribution in [0.25, 0.3) is 0 Å². The molecule has 0 spiro atoms. The Morgan fingerprint density at radius 2 is 1.88 bits per heavy atom. The van der Waals surface area contributed by atoms with Gasteiger partial charge in [0, 0.05) is 17.9 Å². The van der Waals surface area contributed by atoms with Crippen LogP contribution in [0.2, 0.25) is 0 Å². The lowest BCUT2D eigenvalue weighted by molar-refractivity contribution is -0.147. The van der Waals surface area contributed by atoms with E-state index in [0.29, 0.717) is 25.1 Å². The monoisotopic (exact) mass is 358 g/mol. The molecule has 0 radical (unpaired) electrons. The molecule has 6 heteroatoms. The summed E-state index contributed by atoms with van der Waals surface area (Å²) < 4.78 is 0. The highest BCUT2D eigenvalue weighted by molar-refractivity contribution is 6.08. The first-order valence-corrected chi connectivity index (χ1v) is 9.27. The Bertz CT molecular complexity index is 756. The number of anilines is 2. The number of hydrogen-bond acceptors (Lipinski definition) is 3. The standard InChI is InChI=1S/C20H26N2O4/c1-4-22-16-10-9-12(11-15(16)20(2,3)19(22)26)21-17(23)13-7-5-6-8-14(13)18(24)25/h9-11,13-14H,4-8H2,1-3H3,(H,21,23)(H,24,25). The van der Waals surface area contributed by atoms with Gasteiger partial charge in [0.05, 0.1) is 17.3 Å². The maximum atomic E-state index is 12.7. The Kier molecular flexibility index (Phi) is 4.78. The largest absolute Gasteiger partial charge is 0.481 e. The van der Waals surface area contributed by atoms with Crippen molar-refractivity contribution in [3.63, 3.8) is 0 Å². The summed E-state index contributed by atoms with van der Waals surface area (Å²) in [4.78, 5) is 38.5. The molecule has 0 saturated heterocycles. The zero-order chi connectivity index (χ0) is 19.1. The van der Waals surface area contributed by atoms with Gasteiger partial charge in [-0.25, -0.2) is 0 Å². The minimum Gasteiger partial charge on any atom is -0.481 e. The summed E-state index contributed by atoms with van der Waals surface area (Å²) >= 11 is 0. The van der Waals surface area contributed by atoms with Gasteiger partial charge >= 0.3 is 5.97 Å². The van der Waals surface area contributed by atoms with E-state index >= 15 is 0 Å². The van der Waals surface area contributed by atoms with Gasteiger partial charge in [0.1, 0.15) is 0 Å². The Morgan fingerprint density at radius 1 is 1.23 bits per heavy atom. The van der Waals surface area contributed by atoms with Crippen molar-refractivity contribution in [2.45, 2.75) is 51.9 Å². The van der Waals surface area contributed by atoms with E-state index in [9.17, 15) is 19.5 Å². The second kappa shape index (κ2) is 6.74. The van der Waals surface area contributed by atoms with Crippen LogP contribution in [0, 0.1) is 11.8 Å². The second-order valence-electron chi connectivity index (χ2n) is 7.73. The summed E-state index contributed by atoms with van der Waals surface area (Å²) in [5.41, 5.74) is 1.74. The van der Waals surface area contributed by atoms with Crippen molar-refractivity contribution in [1.29, 1.82) is 0 Å². The molecule has 1 aliphatic heterocycles. The number of aliphatic carboxylic acids is 1. The van der Waals surface area contributed by atoms with Gasteiger partial charge in [-0.2, -0.15) is 0 Å². The SMILES string of the molecule is CCN1C(=O)C(C)(C)c2cc(NC(=O)C3CCCCC3C(=O)O)ccc21. The zero-order valence-electron chi connectivity index (χ0n) is 15.5. The molecule has 2 atom stereocenters. The van der Waals surface area contributed by atoms with Gasteiger partial charge in [0.15, 0.2) is 0 Å². The van der Waals surface area contributed by atoms with E-state index in [4.69, 9.17) is 0 Å². The van der Waals surface area contributed by atoms with E-state index in [-0.39, 0.29) is 11.8 Å². The first-order valence-electron chi connectivity index (χ1n) is 9.27. The van der Waals surface area contributed by atoms with Gasteiger partial charge < -0.3 is 15.3 Å². The number of hydrogen-bond donors (Lipinski definition) is 2. The predicted molar refractivity (Wildman–Crippen MR) is 99.2 cm³/mol. The molecule has 1 fully saturated rings. The van der Waals surface area contributed by atoms with Crippen molar-refractivity contribution in [3.05, 3.63) is 23.8 Å². The maximum absolute atomic E-state index is 12.7. The van der Waals surface area contributed by atoms with Gasteiger partial charge in [-0.05, 0) is 57.4 Å². The van der Waals surface area contributed by atoms with Crippen LogP contribution in [0.5, 0.6) is 0 Å². The van der Waals surface area contributed by atoms with Crippen molar-refractivity contribution >= 4 is 29.2 Å². The number of likely N-dealkylation sites (N-methyl/N-ethyl adjacent to an activating group) is 1. The lowest BCUT2D eigenvalue weighted by atomic mass is 9.78. The Balaban J connectivity index is 1.84. The number of nitrogens with zero attached hydrogens (tertiary/aromatic N) is 1. The zero-order valence-corrected chi connectivity index (χ0v) is 15.5. The normalized spacial score (nSPS) is 24.3. The van der Waals surface area contributed by atoms with Gasteiger partial charge in [0.25, 0.3) is 0 Å². The summed E-state index contributed by atoms with van der Waals surface area (Å²) in [6.45, 7) is 6.31. The van der Waals surface area contributed by atoms with Crippen molar-refractivity contribution < 1.29 is 19.5 Å². The molecule has 6 nitrogen and oxygen atoms in total. The van der Waals surface area contributed by atoms with Gasteiger partial charge in [0.2, 0.25) is 11.8 Å². The van der Waals surface area contributed by atoms with E-state index in [1.807, 2.05) is 32.9 Å². The fraction of sp³-hybridized carbons (Fsp3) is 0.550.